The Balaban J connectivity index is 1.83. The summed E-state index contributed by atoms with van der Waals surface area (Å²) < 4.78 is 0. The van der Waals surface area contributed by atoms with Crippen LogP contribution in [0.15, 0.2) is 41.9 Å². The van der Waals surface area contributed by atoms with Crippen molar-refractivity contribution in [2.45, 2.75) is 6.92 Å². The van der Waals surface area contributed by atoms with E-state index in [-0.39, 0.29) is 6.03 Å². The lowest BCUT2D eigenvalue weighted by atomic mass is 10.2. The van der Waals surface area contributed by atoms with E-state index in [0.717, 1.165) is 11.3 Å². The summed E-state index contributed by atoms with van der Waals surface area (Å²) in [5.74, 6) is 0. The Morgan fingerprint density at radius 2 is 2.11 bits per heavy atom. The van der Waals surface area contributed by atoms with E-state index in [9.17, 15) is 4.79 Å². The van der Waals surface area contributed by atoms with Gasteiger partial charge in [0.25, 0.3) is 0 Å². The van der Waals surface area contributed by atoms with E-state index in [2.05, 4.69) is 15.6 Å². The maximum Gasteiger partial charge on any atom is 0.325 e. The van der Waals surface area contributed by atoms with Crippen LogP contribution in [-0.4, -0.2) is 11.0 Å². The number of carbonyl (C=O) groups is 1. The number of amides is 2. The zero-order valence-corrected chi connectivity index (χ0v) is 10.7. The number of nitrogens with one attached hydrogen (secondary N) is 2. The molecule has 0 saturated carbocycles. The average molecular weight is 259 g/mol. The average Bonchev–Trinajstić information content (AvgIpc) is 2.76. The highest BCUT2D eigenvalue weighted by atomic mass is 32.1. The van der Waals surface area contributed by atoms with Crippen LogP contribution in [0.25, 0.3) is 6.08 Å². The summed E-state index contributed by atoms with van der Waals surface area (Å²) in [7, 11) is 0. The monoisotopic (exact) mass is 259 g/mol. The van der Waals surface area contributed by atoms with Gasteiger partial charge >= 0.3 is 6.03 Å². The largest absolute Gasteiger partial charge is 0.325 e. The second kappa shape index (κ2) is 5.97. The quantitative estimate of drug-likeness (QED) is 0.889. The van der Waals surface area contributed by atoms with Crippen molar-refractivity contribution in [3.8, 4) is 0 Å². The van der Waals surface area contributed by atoms with Gasteiger partial charge in [0.1, 0.15) is 0 Å². The smallest absolute Gasteiger partial charge is 0.314 e. The lowest BCUT2D eigenvalue weighted by molar-refractivity contribution is 0.255. The topological polar surface area (TPSA) is 54.0 Å². The van der Waals surface area contributed by atoms with Crippen LogP contribution in [0.4, 0.5) is 9.93 Å². The van der Waals surface area contributed by atoms with Gasteiger partial charge in [-0.1, -0.05) is 30.3 Å². The third-order valence-corrected chi connectivity index (χ3v) is 3.00. The van der Waals surface area contributed by atoms with E-state index in [4.69, 9.17) is 0 Å². The number of rotatable bonds is 3. The van der Waals surface area contributed by atoms with Gasteiger partial charge in [-0.3, -0.25) is 5.32 Å². The van der Waals surface area contributed by atoms with E-state index >= 15 is 0 Å². The Morgan fingerprint density at radius 3 is 2.78 bits per heavy atom. The summed E-state index contributed by atoms with van der Waals surface area (Å²) in [5, 5.41) is 7.76. The molecule has 0 aliphatic carbocycles. The van der Waals surface area contributed by atoms with Gasteiger partial charge in [-0.05, 0) is 18.6 Å². The van der Waals surface area contributed by atoms with Crippen LogP contribution in [0.3, 0.4) is 0 Å². The number of thiazole rings is 1. The number of hydrogen-bond donors (Lipinski definition) is 2. The molecule has 2 amide bonds. The Hall–Kier alpha value is -2.14. The maximum absolute atomic E-state index is 11.5. The lowest BCUT2D eigenvalue weighted by Gasteiger charge is -1.99. The first-order valence-electron chi connectivity index (χ1n) is 5.45. The predicted octanol–water partition coefficient (Wildman–Crippen LogP) is 3.24. The fraction of sp³-hybridized carbons (Fsp3) is 0.0769. The molecule has 0 bridgehead atoms. The van der Waals surface area contributed by atoms with Crippen molar-refractivity contribution >= 4 is 28.6 Å². The van der Waals surface area contributed by atoms with Crippen LogP contribution in [0.2, 0.25) is 0 Å². The molecule has 0 fully saturated rings. The van der Waals surface area contributed by atoms with Gasteiger partial charge < -0.3 is 5.32 Å². The summed E-state index contributed by atoms with van der Waals surface area (Å²) in [4.78, 5) is 15.6. The van der Waals surface area contributed by atoms with Crippen LogP contribution >= 0.6 is 11.3 Å². The first-order valence-corrected chi connectivity index (χ1v) is 6.33. The SMILES string of the molecule is Cc1csc(NC(=O)N/C=C/c2ccccc2)n1. The number of benzene rings is 1. The minimum Gasteiger partial charge on any atom is -0.314 e. The molecule has 0 unspecified atom stereocenters. The molecule has 2 aromatic rings. The van der Waals surface area contributed by atoms with Crippen LogP contribution in [0.5, 0.6) is 0 Å². The molecule has 18 heavy (non-hydrogen) atoms. The number of aromatic nitrogens is 1. The molecule has 2 rings (SSSR count). The van der Waals surface area contributed by atoms with Gasteiger partial charge in [0.05, 0.1) is 5.69 Å². The molecule has 0 saturated heterocycles. The van der Waals surface area contributed by atoms with E-state index in [1.54, 1.807) is 6.20 Å². The highest BCUT2D eigenvalue weighted by molar-refractivity contribution is 7.13. The number of hydrogen-bond acceptors (Lipinski definition) is 3. The molecule has 1 heterocycles. The third kappa shape index (κ3) is 3.71. The minimum atomic E-state index is -0.295. The van der Waals surface area contributed by atoms with Crippen molar-refractivity contribution in [2.24, 2.45) is 0 Å². The van der Waals surface area contributed by atoms with Crippen molar-refractivity contribution < 1.29 is 4.79 Å². The lowest BCUT2D eigenvalue weighted by Crippen LogP contribution is -2.23. The van der Waals surface area contributed by atoms with Gasteiger partial charge in [0, 0.05) is 11.6 Å². The van der Waals surface area contributed by atoms with Crippen LogP contribution in [0, 0.1) is 6.92 Å². The summed E-state index contributed by atoms with van der Waals surface area (Å²) in [6, 6.07) is 9.45. The van der Waals surface area contributed by atoms with Crippen LogP contribution < -0.4 is 10.6 Å². The summed E-state index contributed by atoms with van der Waals surface area (Å²) in [5.41, 5.74) is 1.93. The molecule has 2 N–H and O–H groups in total. The first kappa shape index (κ1) is 12.3. The molecule has 0 spiro atoms. The predicted molar refractivity (Wildman–Crippen MR) is 74.5 cm³/mol. The second-order valence-electron chi connectivity index (χ2n) is 3.64. The molecule has 0 aliphatic heterocycles. The molecule has 0 aliphatic rings. The number of aryl methyl sites for hydroxylation is 1. The zero-order valence-electron chi connectivity index (χ0n) is 9.88. The van der Waals surface area contributed by atoms with E-state index in [1.807, 2.05) is 48.7 Å². The molecular formula is C13H13N3OS. The fourth-order valence-corrected chi connectivity index (χ4v) is 2.01. The maximum atomic E-state index is 11.5. The highest BCUT2D eigenvalue weighted by Crippen LogP contribution is 2.13. The van der Waals surface area contributed by atoms with Gasteiger partial charge in [-0.2, -0.15) is 0 Å². The molecule has 4 nitrogen and oxygen atoms in total. The van der Waals surface area contributed by atoms with E-state index < -0.39 is 0 Å². The number of carbonyl (C=O) groups excluding carboxylic acids is 1. The van der Waals surface area contributed by atoms with Gasteiger partial charge in [-0.15, -0.1) is 11.3 Å². The fourth-order valence-electron chi connectivity index (χ4n) is 1.32. The number of urea groups is 1. The van der Waals surface area contributed by atoms with E-state index in [1.165, 1.54) is 11.3 Å². The molecule has 92 valence electrons. The molecular weight excluding hydrogens is 246 g/mol. The highest BCUT2D eigenvalue weighted by Gasteiger charge is 2.02. The standard InChI is InChI=1S/C13H13N3OS/c1-10-9-18-13(15-10)16-12(17)14-8-7-11-5-3-2-4-6-11/h2-9H,1H3,(H2,14,15,16,17)/b8-7+. The van der Waals surface area contributed by atoms with Gasteiger partial charge in [0.2, 0.25) is 0 Å². The third-order valence-electron chi connectivity index (χ3n) is 2.13. The normalized spacial score (nSPS) is 10.5. The summed E-state index contributed by atoms with van der Waals surface area (Å²) in [6.45, 7) is 1.88. The zero-order chi connectivity index (χ0) is 12.8. The Labute approximate surface area is 109 Å². The van der Waals surface area contributed by atoms with Crippen molar-refractivity contribution in [3.63, 3.8) is 0 Å². The summed E-state index contributed by atoms with van der Waals surface area (Å²) >= 11 is 1.40. The molecule has 5 heteroatoms. The van der Waals surface area contributed by atoms with Crippen molar-refractivity contribution in [2.75, 3.05) is 5.32 Å². The minimum absolute atomic E-state index is 0.295. The molecule has 1 aromatic carbocycles. The molecule has 1 aromatic heterocycles. The van der Waals surface area contributed by atoms with Crippen molar-refractivity contribution in [3.05, 3.63) is 53.2 Å². The first-order chi connectivity index (χ1) is 8.74. The van der Waals surface area contributed by atoms with Crippen LogP contribution in [0.1, 0.15) is 11.3 Å². The Bertz CT molecular complexity index is 548. The Morgan fingerprint density at radius 1 is 1.33 bits per heavy atom. The number of anilines is 1. The van der Waals surface area contributed by atoms with Gasteiger partial charge in [-0.25, -0.2) is 9.78 Å². The molecule has 0 atom stereocenters. The number of nitrogens with zero attached hydrogens (tertiary/aromatic N) is 1. The van der Waals surface area contributed by atoms with Crippen molar-refractivity contribution in [1.29, 1.82) is 0 Å². The Kier molecular flexibility index (Phi) is 4.09. The summed E-state index contributed by atoms with van der Waals surface area (Å²) in [6.07, 6.45) is 3.43. The van der Waals surface area contributed by atoms with Gasteiger partial charge in [0.15, 0.2) is 5.13 Å². The molecule has 0 radical (unpaired) electrons. The van der Waals surface area contributed by atoms with Crippen LogP contribution in [-0.2, 0) is 0 Å². The van der Waals surface area contributed by atoms with E-state index in [0.29, 0.717) is 5.13 Å². The second-order valence-corrected chi connectivity index (χ2v) is 4.49. The van der Waals surface area contributed by atoms with Crippen molar-refractivity contribution in [1.82, 2.24) is 10.3 Å².